The number of nitrogens with zero attached hydrogens (tertiary/aromatic N) is 2. The number of hydrogen-bond acceptors (Lipinski definition) is 9. The summed E-state index contributed by atoms with van der Waals surface area (Å²) in [6, 6.07) is 12.9. The number of carbonyl (C=O) groups is 4. The largest absolute Gasteiger partial charge is 0.465 e. The first-order valence-electron chi connectivity index (χ1n) is 23.8. The van der Waals surface area contributed by atoms with Crippen molar-refractivity contribution in [2.75, 3.05) is 46.6 Å². The fourth-order valence-electron chi connectivity index (χ4n) is 8.64. The van der Waals surface area contributed by atoms with Crippen molar-refractivity contribution in [2.24, 2.45) is 17.8 Å². The summed E-state index contributed by atoms with van der Waals surface area (Å²) in [5.41, 5.74) is 3.74. The van der Waals surface area contributed by atoms with E-state index in [0.717, 1.165) is 76.2 Å². The van der Waals surface area contributed by atoms with Crippen LogP contribution in [0.5, 0.6) is 0 Å². The number of benzene rings is 1. The van der Waals surface area contributed by atoms with Gasteiger partial charge in [-0.25, -0.2) is 4.79 Å². The molecule has 0 radical (unpaired) electrons. The minimum Gasteiger partial charge on any atom is -0.465 e. The second kappa shape index (κ2) is 26.7. The summed E-state index contributed by atoms with van der Waals surface area (Å²) in [6.07, 6.45) is 12.3. The summed E-state index contributed by atoms with van der Waals surface area (Å²) in [5.74, 6) is 0.680. The predicted octanol–water partition coefficient (Wildman–Crippen LogP) is 9.18. The number of likely N-dealkylation sites (tertiary alicyclic amines) is 1. The third-order valence-corrected chi connectivity index (χ3v) is 12.9. The Balaban J connectivity index is 0.000000430. The van der Waals surface area contributed by atoms with Crippen LogP contribution in [0.25, 0.3) is 0 Å². The Hall–Kier alpha value is -3.87. The fraction of sp³-hybridized carbons (Fsp3) is 0.700. The lowest BCUT2D eigenvalue weighted by Crippen LogP contribution is -2.56. The maximum absolute atomic E-state index is 13.5. The molecule has 0 bridgehead atoms. The number of piperidine rings is 1. The number of aromatic nitrogens is 1. The molecule has 4 aliphatic rings. The molecule has 1 aromatic heterocycles. The highest BCUT2D eigenvalue weighted by Crippen LogP contribution is 2.32. The van der Waals surface area contributed by atoms with E-state index in [0.29, 0.717) is 43.0 Å². The molecule has 3 saturated heterocycles. The van der Waals surface area contributed by atoms with Crippen molar-refractivity contribution in [3.8, 4) is 0 Å². The van der Waals surface area contributed by atoms with Gasteiger partial charge in [0.15, 0.2) is 0 Å². The molecular formula is C50H82N4O8. The Morgan fingerprint density at radius 3 is 2.08 bits per heavy atom. The van der Waals surface area contributed by atoms with Gasteiger partial charge in [0.05, 0.1) is 36.6 Å². The van der Waals surface area contributed by atoms with Crippen LogP contribution < -0.4 is 10.6 Å². The second-order valence-electron chi connectivity index (χ2n) is 17.6. The molecular weight excluding hydrogens is 785 g/mol. The molecule has 3 aliphatic heterocycles. The zero-order valence-electron chi connectivity index (χ0n) is 39.1. The van der Waals surface area contributed by atoms with Gasteiger partial charge in [-0.3, -0.25) is 19.4 Å². The van der Waals surface area contributed by atoms with E-state index in [2.05, 4.69) is 22.8 Å². The van der Waals surface area contributed by atoms with Crippen molar-refractivity contribution in [1.82, 2.24) is 20.5 Å². The van der Waals surface area contributed by atoms with Crippen LogP contribution in [0.15, 0.2) is 42.5 Å². The molecule has 4 fully saturated rings. The van der Waals surface area contributed by atoms with E-state index in [-0.39, 0.29) is 56.6 Å². The molecule has 12 heteroatoms. The number of carbonyl (C=O) groups excluding carboxylic acids is 4. The van der Waals surface area contributed by atoms with Gasteiger partial charge in [0, 0.05) is 65.8 Å². The Kier molecular flexibility index (Phi) is 21.9. The van der Waals surface area contributed by atoms with Crippen LogP contribution in [0.3, 0.4) is 0 Å². The normalized spacial score (nSPS) is 20.7. The summed E-state index contributed by atoms with van der Waals surface area (Å²) in [6.45, 7) is 17.9. The van der Waals surface area contributed by atoms with Crippen LogP contribution in [0, 0.1) is 17.8 Å². The summed E-state index contributed by atoms with van der Waals surface area (Å²) in [4.78, 5) is 57.0. The quantitative estimate of drug-likeness (QED) is 0.168. The molecule has 5 atom stereocenters. The highest BCUT2D eigenvalue weighted by atomic mass is 16.5. The van der Waals surface area contributed by atoms with Crippen molar-refractivity contribution in [3.63, 3.8) is 0 Å². The molecule has 62 heavy (non-hydrogen) atoms. The van der Waals surface area contributed by atoms with Gasteiger partial charge in [-0.05, 0) is 106 Å². The first-order valence-corrected chi connectivity index (χ1v) is 23.8. The van der Waals surface area contributed by atoms with Crippen LogP contribution in [0.2, 0.25) is 0 Å². The third kappa shape index (κ3) is 15.1. The molecule has 2 N–H and O–H groups in total. The van der Waals surface area contributed by atoms with Gasteiger partial charge in [-0.2, -0.15) is 0 Å². The lowest BCUT2D eigenvalue weighted by Gasteiger charge is -2.36. The van der Waals surface area contributed by atoms with Crippen LogP contribution in [0.4, 0.5) is 0 Å². The number of methoxy groups -OCH3 is 1. The van der Waals surface area contributed by atoms with Gasteiger partial charge in [0.1, 0.15) is 6.04 Å². The Morgan fingerprint density at radius 2 is 1.48 bits per heavy atom. The highest BCUT2D eigenvalue weighted by Gasteiger charge is 2.35. The minimum atomic E-state index is -0.676. The lowest BCUT2D eigenvalue weighted by atomic mass is 9.88. The maximum Gasteiger partial charge on any atom is 0.337 e. The van der Waals surface area contributed by atoms with Crippen molar-refractivity contribution in [3.05, 3.63) is 65.0 Å². The van der Waals surface area contributed by atoms with E-state index >= 15 is 0 Å². The van der Waals surface area contributed by atoms with Crippen LogP contribution >= 0.6 is 0 Å². The Bertz CT molecular complexity index is 1660. The van der Waals surface area contributed by atoms with E-state index in [1.54, 1.807) is 12.1 Å². The number of ether oxygens (including phenoxy) is 4. The molecule has 12 nitrogen and oxygen atoms in total. The molecule has 5 unspecified atom stereocenters. The molecule has 4 heterocycles. The summed E-state index contributed by atoms with van der Waals surface area (Å²) >= 11 is 0. The van der Waals surface area contributed by atoms with Crippen molar-refractivity contribution < 1.29 is 41.0 Å². The van der Waals surface area contributed by atoms with E-state index in [9.17, 15) is 19.2 Å². The molecule has 2 aromatic rings. The van der Waals surface area contributed by atoms with Crippen LogP contribution in [-0.4, -0.2) is 98.5 Å². The molecule has 0 spiro atoms. The smallest absolute Gasteiger partial charge is 0.337 e. The monoisotopic (exact) mass is 867 g/mol. The first-order chi connectivity index (χ1) is 30.0. The van der Waals surface area contributed by atoms with Gasteiger partial charge in [0.25, 0.3) is 0 Å². The molecule has 1 saturated carbocycles. The standard InChI is InChI=1S/C28H42N2O5.C20H30N2O3.C2H6.2H2/c1-19(2)26(31)29-25(20(3)35-18-21-8-6-5-7-9-21)27(32)30-16-14-23(15-17-30)22-10-12-24(13-11-22)28(33)34-4;1-3-14(2)20(23)22-19(18-8-5-11-25-18)17-7-4-6-16(21-17)15-9-12-24-13-10-15;1-2;;/h10-13,19-21,23,25H,5-9,14-18H2,1-4H3,(H,29,31);4,6-7,14-15,18-19H,3,5,8-13H2,1-2H3,(H,22,23);1-2H3;2*1H. The molecule has 6 rings (SSSR count). The van der Waals surface area contributed by atoms with Crippen LogP contribution in [0.1, 0.15) is 174 Å². The van der Waals surface area contributed by atoms with Gasteiger partial charge in [-0.15, -0.1) is 0 Å². The molecule has 1 aliphatic carbocycles. The topological polar surface area (TPSA) is 145 Å². The average molecular weight is 867 g/mol. The summed E-state index contributed by atoms with van der Waals surface area (Å²) in [5, 5.41) is 6.17. The number of pyridine rings is 1. The van der Waals surface area contributed by atoms with E-state index < -0.39 is 6.04 Å². The molecule has 3 amide bonds. The third-order valence-electron chi connectivity index (χ3n) is 12.9. The zero-order valence-corrected chi connectivity index (χ0v) is 39.1. The number of hydrogen-bond donors (Lipinski definition) is 2. The lowest BCUT2D eigenvalue weighted by molar-refractivity contribution is -0.142. The van der Waals surface area contributed by atoms with Gasteiger partial charge < -0.3 is 34.5 Å². The second-order valence-corrected chi connectivity index (χ2v) is 17.6. The summed E-state index contributed by atoms with van der Waals surface area (Å²) < 4.78 is 22.3. The zero-order chi connectivity index (χ0) is 45.0. The molecule has 1 aromatic carbocycles. The summed E-state index contributed by atoms with van der Waals surface area (Å²) in [7, 11) is 1.38. The van der Waals surface area contributed by atoms with Crippen LogP contribution in [-0.2, 0) is 33.3 Å². The minimum absolute atomic E-state index is 0. The Labute approximate surface area is 375 Å². The number of rotatable bonds is 15. The van der Waals surface area contributed by atoms with Gasteiger partial charge >= 0.3 is 5.97 Å². The Morgan fingerprint density at radius 1 is 0.806 bits per heavy atom. The molecule has 350 valence electrons. The fourth-order valence-corrected chi connectivity index (χ4v) is 8.64. The number of nitrogens with one attached hydrogen (secondary N) is 2. The van der Waals surface area contributed by atoms with Crippen molar-refractivity contribution >= 4 is 23.7 Å². The number of amides is 3. The van der Waals surface area contributed by atoms with E-state index in [1.807, 2.05) is 71.6 Å². The first kappa shape index (κ1) is 50.8. The van der Waals surface area contributed by atoms with Gasteiger partial charge in [-0.1, -0.05) is 79.0 Å². The maximum atomic E-state index is 13.5. The average Bonchev–Trinajstić information content (AvgIpc) is 3.87. The van der Waals surface area contributed by atoms with E-state index in [1.165, 1.54) is 44.8 Å². The predicted molar refractivity (Wildman–Crippen MR) is 247 cm³/mol. The number of esters is 1. The highest BCUT2D eigenvalue weighted by molar-refractivity contribution is 5.89. The van der Waals surface area contributed by atoms with E-state index in [4.69, 9.17) is 23.9 Å². The van der Waals surface area contributed by atoms with Crippen molar-refractivity contribution in [2.45, 2.75) is 162 Å². The SMILES string of the molecule is CC.CCC(C)C(=O)NC(c1cccc(C2CCOCC2)n1)C1CCCO1.COC(=O)c1ccc(C2CCN(C(=O)C(NC(=O)C(C)C)C(C)OCC3CCCCC3)CC2)cc1.[HH].[HH]. The van der Waals surface area contributed by atoms with Gasteiger partial charge in [0.2, 0.25) is 17.7 Å². The van der Waals surface area contributed by atoms with Crippen molar-refractivity contribution in [1.29, 1.82) is 0 Å².